The predicted octanol–water partition coefficient (Wildman–Crippen LogP) is 3.84. The lowest BCUT2D eigenvalue weighted by Crippen LogP contribution is -2.09. The van der Waals surface area contributed by atoms with Crippen molar-refractivity contribution in [1.82, 2.24) is 4.98 Å². The second-order valence-corrected chi connectivity index (χ2v) is 6.54. The zero-order valence-corrected chi connectivity index (χ0v) is 11.9. The lowest BCUT2D eigenvalue weighted by atomic mass is 10.3. The van der Waals surface area contributed by atoms with Crippen LogP contribution in [0.5, 0.6) is 0 Å². The van der Waals surface area contributed by atoms with Gasteiger partial charge in [0.15, 0.2) is 5.13 Å². The quantitative estimate of drug-likeness (QED) is 0.914. The van der Waals surface area contributed by atoms with Crippen molar-refractivity contribution in [3.8, 4) is 0 Å². The van der Waals surface area contributed by atoms with E-state index in [2.05, 4.69) is 26.2 Å². The molecule has 0 saturated carbocycles. The summed E-state index contributed by atoms with van der Waals surface area (Å²) in [5, 5.41) is 5.33. The molecule has 0 radical (unpaired) electrons. The summed E-state index contributed by atoms with van der Waals surface area (Å²) < 4.78 is 0.993. The molecule has 3 nitrogen and oxygen atoms in total. The standard InChI is InChI=1S/C10H9BrN2OS2/c1-5-3-7(16-8(5)11)9(14)13-10-12-6(2)4-15-10/h3-4H,1-2H3,(H,12,13,14). The lowest BCUT2D eigenvalue weighted by Gasteiger charge is -1.97. The summed E-state index contributed by atoms with van der Waals surface area (Å²) in [7, 11) is 0. The predicted molar refractivity (Wildman–Crippen MR) is 71.6 cm³/mol. The molecule has 0 atom stereocenters. The maximum atomic E-state index is 11.8. The number of amides is 1. The Morgan fingerprint density at radius 2 is 2.25 bits per heavy atom. The Bertz CT molecular complexity index is 513. The molecule has 0 aliphatic heterocycles. The van der Waals surface area contributed by atoms with Crippen molar-refractivity contribution in [2.45, 2.75) is 13.8 Å². The molecule has 2 heterocycles. The summed E-state index contributed by atoms with van der Waals surface area (Å²) in [5.74, 6) is -0.104. The molecular weight excluding hydrogens is 308 g/mol. The lowest BCUT2D eigenvalue weighted by molar-refractivity contribution is 0.103. The van der Waals surface area contributed by atoms with Crippen LogP contribution in [-0.4, -0.2) is 10.9 Å². The van der Waals surface area contributed by atoms with Crippen molar-refractivity contribution < 1.29 is 4.79 Å². The monoisotopic (exact) mass is 316 g/mol. The summed E-state index contributed by atoms with van der Waals surface area (Å²) in [4.78, 5) is 16.7. The van der Waals surface area contributed by atoms with Gasteiger partial charge in [0.05, 0.1) is 14.4 Å². The van der Waals surface area contributed by atoms with E-state index in [1.165, 1.54) is 22.7 Å². The Morgan fingerprint density at radius 1 is 1.50 bits per heavy atom. The van der Waals surface area contributed by atoms with E-state index in [4.69, 9.17) is 0 Å². The number of nitrogens with zero attached hydrogens (tertiary/aromatic N) is 1. The molecule has 2 aromatic heterocycles. The van der Waals surface area contributed by atoms with Crippen LogP contribution in [0.4, 0.5) is 5.13 Å². The van der Waals surface area contributed by atoms with Crippen LogP contribution >= 0.6 is 38.6 Å². The Labute approximate surface area is 110 Å². The van der Waals surface area contributed by atoms with E-state index >= 15 is 0 Å². The average Bonchev–Trinajstić information content (AvgIpc) is 2.75. The zero-order valence-electron chi connectivity index (χ0n) is 8.70. The van der Waals surface area contributed by atoms with Crippen LogP contribution in [0.1, 0.15) is 20.9 Å². The first-order valence-electron chi connectivity index (χ1n) is 4.55. The van der Waals surface area contributed by atoms with Crippen LogP contribution in [0.3, 0.4) is 0 Å². The molecule has 0 aliphatic carbocycles. The molecule has 0 bridgehead atoms. The number of thiophene rings is 1. The fraction of sp³-hybridized carbons (Fsp3) is 0.200. The van der Waals surface area contributed by atoms with Gasteiger partial charge in [-0.1, -0.05) is 0 Å². The molecular formula is C10H9BrN2OS2. The van der Waals surface area contributed by atoms with Crippen molar-refractivity contribution in [3.05, 3.63) is 31.4 Å². The summed E-state index contributed by atoms with van der Waals surface area (Å²) in [5.41, 5.74) is 1.99. The van der Waals surface area contributed by atoms with Crippen LogP contribution in [-0.2, 0) is 0 Å². The number of nitrogens with one attached hydrogen (secondary N) is 1. The maximum absolute atomic E-state index is 11.8. The number of carbonyl (C=O) groups excluding carboxylic acids is 1. The number of hydrogen-bond acceptors (Lipinski definition) is 4. The highest BCUT2D eigenvalue weighted by Crippen LogP contribution is 2.28. The first-order valence-corrected chi connectivity index (χ1v) is 7.04. The largest absolute Gasteiger partial charge is 0.297 e. The minimum absolute atomic E-state index is 0.104. The Hall–Kier alpha value is -0.720. The number of aromatic nitrogens is 1. The van der Waals surface area contributed by atoms with Gasteiger partial charge in [0, 0.05) is 5.38 Å². The summed E-state index contributed by atoms with van der Waals surface area (Å²) in [6, 6.07) is 1.87. The third kappa shape index (κ3) is 2.50. The molecule has 84 valence electrons. The van der Waals surface area contributed by atoms with Crippen molar-refractivity contribution in [2.24, 2.45) is 0 Å². The third-order valence-corrected chi connectivity index (χ3v) is 4.93. The Morgan fingerprint density at radius 3 is 2.75 bits per heavy atom. The second kappa shape index (κ2) is 4.65. The molecule has 0 aromatic carbocycles. The molecule has 0 fully saturated rings. The van der Waals surface area contributed by atoms with Crippen molar-refractivity contribution in [2.75, 3.05) is 5.32 Å². The maximum Gasteiger partial charge on any atom is 0.267 e. The molecule has 0 spiro atoms. The second-order valence-electron chi connectivity index (χ2n) is 3.32. The number of thiazole rings is 1. The van der Waals surface area contributed by atoms with Crippen molar-refractivity contribution in [3.63, 3.8) is 0 Å². The topological polar surface area (TPSA) is 42.0 Å². The number of hydrogen-bond donors (Lipinski definition) is 1. The van der Waals surface area contributed by atoms with E-state index in [0.29, 0.717) is 10.0 Å². The van der Waals surface area contributed by atoms with Crippen molar-refractivity contribution in [1.29, 1.82) is 0 Å². The minimum atomic E-state index is -0.104. The molecule has 2 rings (SSSR count). The number of carbonyl (C=O) groups is 1. The van der Waals surface area contributed by atoms with Gasteiger partial charge in [-0.05, 0) is 41.4 Å². The number of anilines is 1. The van der Waals surface area contributed by atoms with E-state index < -0.39 is 0 Å². The van der Waals surface area contributed by atoms with Crippen LogP contribution in [0.2, 0.25) is 0 Å². The molecule has 1 N–H and O–H groups in total. The highest BCUT2D eigenvalue weighted by Gasteiger charge is 2.12. The van der Waals surface area contributed by atoms with Gasteiger partial charge in [0.1, 0.15) is 0 Å². The number of halogens is 1. The smallest absolute Gasteiger partial charge is 0.267 e. The Balaban J connectivity index is 2.14. The first-order chi connectivity index (χ1) is 7.56. The summed E-state index contributed by atoms with van der Waals surface area (Å²) in [6.45, 7) is 3.86. The van der Waals surface area contributed by atoms with E-state index in [-0.39, 0.29) is 5.91 Å². The fourth-order valence-electron chi connectivity index (χ4n) is 1.14. The molecule has 16 heavy (non-hydrogen) atoms. The van der Waals surface area contributed by atoms with E-state index in [9.17, 15) is 4.79 Å². The zero-order chi connectivity index (χ0) is 11.7. The number of aryl methyl sites for hydroxylation is 2. The van der Waals surface area contributed by atoms with Crippen LogP contribution in [0.15, 0.2) is 15.2 Å². The van der Waals surface area contributed by atoms with Gasteiger partial charge in [0.2, 0.25) is 0 Å². The summed E-state index contributed by atoms with van der Waals surface area (Å²) >= 11 is 6.26. The van der Waals surface area contributed by atoms with Gasteiger partial charge < -0.3 is 0 Å². The molecule has 1 amide bonds. The summed E-state index contributed by atoms with van der Waals surface area (Å²) in [6.07, 6.45) is 0. The first kappa shape index (κ1) is 11.8. The van der Waals surface area contributed by atoms with Gasteiger partial charge in [-0.15, -0.1) is 22.7 Å². The molecule has 6 heteroatoms. The van der Waals surface area contributed by atoms with Gasteiger partial charge in [0.25, 0.3) is 5.91 Å². The fourth-order valence-corrected chi connectivity index (χ4v) is 3.26. The molecule has 0 saturated heterocycles. The minimum Gasteiger partial charge on any atom is -0.297 e. The highest BCUT2D eigenvalue weighted by atomic mass is 79.9. The molecule has 0 unspecified atom stereocenters. The molecule has 0 aliphatic rings. The van der Waals surface area contributed by atoms with Gasteiger partial charge in [-0.2, -0.15) is 0 Å². The van der Waals surface area contributed by atoms with Crippen LogP contribution in [0, 0.1) is 13.8 Å². The third-order valence-electron chi connectivity index (χ3n) is 1.92. The van der Waals surface area contributed by atoms with E-state index in [1.807, 2.05) is 25.3 Å². The van der Waals surface area contributed by atoms with Gasteiger partial charge in [-0.3, -0.25) is 10.1 Å². The van der Waals surface area contributed by atoms with Crippen molar-refractivity contribution >= 4 is 49.6 Å². The highest BCUT2D eigenvalue weighted by molar-refractivity contribution is 9.11. The van der Waals surface area contributed by atoms with Crippen LogP contribution in [0.25, 0.3) is 0 Å². The number of rotatable bonds is 2. The Kier molecular flexibility index (Phi) is 3.41. The van der Waals surface area contributed by atoms with Crippen LogP contribution < -0.4 is 5.32 Å². The van der Waals surface area contributed by atoms with E-state index in [1.54, 1.807) is 0 Å². The van der Waals surface area contributed by atoms with E-state index in [0.717, 1.165) is 15.0 Å². The normalized spacial score (nSPS) is 10.4. The SMILES string of the molecule is Cc1csc(NC(=O)c2cc(C)c(Br)s2)n1. The van der Waals surface area contributed by atoms with Gasteiger partial charge in [-0.25, -0.2) is 4.98 Å². The van der Waals surface area contributed by atoms with Gasteiger partial charge >= 0.3 is 0 Å². The average molecular weight is 317 g/mol. The molecule has 2 aromatic rings.